The van der Waals surface area contributed by atoms with E-state index in [1.54, 1.807) is 0 Å². The maximum atomic E-state index is 14.6. The average molecular weight is 481 g/mol. The molecule has 7 nitrogen and oxygen atoms in total. The van der Waals surface area contributed by atoms with Crippen molar-refractivity contribution in [2.24, 2.45) is 13.0 Å². The number of hydrogen-bond acceptors (Lipinski definition) is 5. The largest absolute Gasteiger partial charge is 0.417 e. The number of fused-ring (bicyclic) bond motifs is 2. The molecule has 0 radical (unpaired) electrons. The predicted octanol–water partition coefficient (Wildman–Crippen LogP) is 4.52. The number of halogens is 4. The van der Waals surface area contributed by atoms with E-state index in [0.717, 1.165) is 18.9 Å². The molecule has 12 heteroatoms. The van der Waals surface area contributed by atoms with Crippen LogP contribution in [0.25, 0.3) is 28.3 Å². The van der Waals surface area contributed by atoms with Gasteiger partial charge in [-0.05, 0) is 42.5 Å². The van der Waals surface area contributed by atoms with Crippen molar-refractivity contribution in [2.45, 2.75) is 37.1 Å². The van der Waals surface area contributed by atoms with Crippen LogP contribution in [0.4, 0.5) is 17.6 Å². The Morgan fingerprint density at radius 3 is 2.58 bits per heavy atom. The van der Waals surface area contributed by atoms with Gasteiger partial charge < -0.3 is 4.57 Å². The summed E-state index contributed by atoms with van der Waals surface area (Å²) < 4.78 is 82.7. The number of rotatable bonds is 5. The molecule has 33 heavy (non-hydrogen) atoms. The van der Waals surface area contributed by atoms with Gasteiger partial charge in [0.05, 0.1) is 11.3 Å². The van der Waals surface area contributed by atoms with Crippen molar-refractivity contribution >= 4 is 26.6 Å². The molecule has 0 spiro atoms. The van der Waals surface area contributed by atoms with Crippen molar-refractivity contribution in [3.8, 4) is 11.5 Å². The first-order valence-corrected chi connectivity index (χ1v) is 12.0. The van der Waals surface area contributed by atoms with E-state index in [9.17, 15) is 26.0 Å². The second kappa shape index (κ2) is 7.24. The van der Waals surface area contributed by atoms with E-state index in [1.165, 1.54) is 41.3 Å². The van der Waals surface area contributed by atoms with E-state index in [4.69, 9.17) is 0 Å². The quantitative estimate of drug-likeness (QED) is 0.392. The van der Waals surface area contributed by atoms with Crippen LogP contribution < -0.4 is 0 Å². The molecule has 0 aromatic carbocycles. The van der Waals surface area contributed by atoms with Gasteiger partial charge in [-0.2, -0.15) is 13.2 Å². The highest BCUT2D eigenvalue weighted by atomic mass is 32.2. The van der Waals surface area contributed by atoms with Gasteiger partial charge in [-0.1, -0.05) is 6.92 Å². The molecule has 1 fully saturated rings. The molecule has 0 bridgehead atoms. The summed E-state index contributed by atoms with van der Waals surface area (Å²) in [5.74, 6) is -0.230. The molecule has 1 aliphatic rings. The highest BCUT2D eigenvalue weighted by Crippen LogP contribution is 2.44. The number of imidazole rings is 2. The Balaban J connectivity index is 1.75. The molecule has 0 saturated heterocycles. The van der Waals surface area contributed by atoms with Crippen LogP contribution >= 0.6 is 0 Å². The molecule has 1 aliphatic carbocycles. The highest BCUT2D eigenvalue weighted by molar-refractivity contribution is 7.91. The molecular formula is C21H19F4N5O2S. The molecule has 4 aromatic rings. The zero-order valence-corrected chi connectivity index (χ0v) is 18.5. The summed E-state index contributed by atoms with van der Waals surface area (Å²) >= 11 is 0. The molecule has 0 N–H and O–H groups in total. The Kier molecular flexibility index (Phi) is 4.78. The smallest absolute Gasteiger partial charge is 0.310 e. The molecule has 1 atom stereocenters. The van der Waals surface area contributed by atoms with Gasteiger partial charge in [0.2, 0.25) is 0 Å². The topological polar surface area (TPSA) is 82.1 Å². The van der Waals surface area contributed by atoms with E-state index in [1.807, 2.05) is 0 Å². The Hall–Kier alpha value is -3.02. The van der Waals surface area contributed by atoms with Crippen molar-refractivity contribution in [3.63, 3.8) is 0 Å². The van der Waals surface area contributed by atoms with Gasteiger partial charge >= 0.3 is 6.18 Å². The molecule has 4 heterocycles. The van der Waals surface area contributed by atoms with Crippen LogP contribution in [-0.4, -0.2) is 38.1 Å². The van der Waals surface area contributed by atoms with Crippen LogP contribution in [0.15, 0.2) is 35.6 Å². The Bertz CT molecular complexity index is 1500. The first-order valence-electron chi connectivity index (χ1n) is 10.3. The Morgan fingerprint density at radius 2 is 1.94 bits per heavy atom. The van der Waals surface area contributed by atoms with E-state index in [0.29, 0.717) is 11.8 Å². The van der Waals surface area contributed by atoms with E-state index < -0.39 is 27.7 Å². The Morgan fingerprint density at radius 1 is 1.21 bits per heavy atom. The number of aromatic nitrogens is 5. The summed E-state index contributed by atoms with van der Waals surface area (Å²) in [6.07, 6.45) is -2.00. The summed E-state index contributed by atoms with van der Waals surface area (Å²) in [7, 11) is -2.31. The second-order valence-electron chi connectivity index (χ2n) is 8.16. The fraction of sp³-hybridized carbons (Fsp3) is 0.381. The zero-order valence-electron chi connectivity index (χ0n) is 17.6. The third kappa shape index (κ3) is 3.56. The summed E-state index contributed by atoms with van der Waals surface area (Å²) in [5, 5.41) is -0.150. The minimum absolute atomic E-state index is 0.0233. The van der Waals surface area contributed by atoms with Crippen LogP contribution in [0.3, 0.4) is 0 Å². The van der Waals surface area contributed by atoms with Gasteiger partial charge in [0.25, 0.3) is 0 Å². The van der Waals surface area contributed by atoms with Gasteiger partial charge in [-0.15, -0.1) is 0 Å². The van der Waals surface area contributed by atoms with Crippen LogP contribution in [-0.2, 0) is 23.1 Å². The maximum Gasteiger partial charge on any atom is 0.417 e. The van der Waals surface area contributed by atoms with Crippen LogP contribution in [0.1, 0.15) is 37.1 Å². The van der Waals surface area contributed by atoms with E-state index in [2.05, 4.69) is 15.0 Å². The number of sulfone groups is 1. The number of alkyl halides is 4. The fourth-order valence-electron chi connectivity index (χ4n) is 3.89. The number of aryl methyl sites for hydroxylation is 1. The summed E-state index contributed by atoms with van der Waals surface area (Å²) in [6.45, 7) is 1.48. The van der Waals surface area contributed by atoms with Crippen molar-refractivity contribution < 1.29 is 26.0 Å². The van der Waals surface area contributed by atoms with E-state index >= 15 is 0 Å². The predicted molar refractivity (Wildman–Crippen MR) is 112 cm³/mol. The highest BCUT2D eigenvalue weighted by Gasteiger charge is 2.34. The lowest BCUT2D eigenvalue weighted by Crippen LogP contribution is -2.10. The maximum absolute atomic E-state index is 14.6. The van der Waals surface area contributed by atoms with Crippen LogP contribution in [0.2, 0.25) is 0 Å². The van der Waals surface area contributed by atoms with Crippen molar-refractivity contribution in [1.29, 1.82) is 0 Å². The summed E-state index contributed by atoms with van der Waals surface area (Å²) in [6, 6.07) is 3.89. The fourth-order valence-corrected chi connectivity index (χ4v) is 5.05. The molecule has 0 amide bonds. The van der Waals surface area contributed by atoms with Gasteiger partial charge in [0, 0.05) is 19.4 Å². The van der Waals surface area contributed by atoms with Gasteiger partial charge in [-0.3, -0.25) is 4.40 Å². The minimum Gasteiger partial charge on any atom is -0.310 e. The third-order valence-corrected chi connectivity index (χ3v) is 7.62. The standard InChI is InChI=1S/C21H19F4N5O2S/c1-3-33(31,32)20-17(28-15-8-12(6-7-30(15)20)16(22)11-4-5-11)19-27-14-9-13(21(23,24)25)10-26-18(14)29(19)2/h6-11,16H,3-5H2,1-2H3. The lowest BCUT2D eigenvalue weighted by atomic mass is 10.1. The molecule has 174 valence electrons. The summed E-state index contributed by atoms with van der Waals surface area (Å²) in [5.41, 5.74) is -0.262. The number of nitrogens with zero attached hydrogens (tertiary/aromatic N) is 5. The summed E-state index contributed by atoms with van der Waals surface area (Å²) in [4.78, 5) is 12.5. The van der Waals surface area contributed by atoms with E-state index in [-0.39, 0.29) is 45.0 Å². The van der Waals surface area contributed by atoms with Crippen LogP contribution in [0.5, 0.6) is 0 Å². The molecule has 5 rings (SSSR count). The first-order chi connectivity index (χ1) is 15.5. The second-order valence-corrected chi connectivity index (χ2v) is 10.3. The van der Waals surface area contributed by atoms with Crippen molar-refractivity contribution in [3.05, 3.63) is 41.7 Å². The van der Waals surface area contributed by atoms with Crippen LogP contribution in [0, 0.1) is 5.92 Å². The minimum atomic E-state index is -4.60. The molecule has 0 aliphatic heterocycles. The Labute approximate surface area is 186 Å². The average Bonchev–Trinajstić information content (AvgIpc) is 3.47. The zero-order chi connectivity index (χ0) is 23.7. The van der Waals surface area contributed by atoms with Gasteiger partial charge in [0.1, 0.15) is 23.0 Å². The lowest BCUT2D eigenvalue weighted by Gasteiger charge is -2.08. The lowest BCUT2D eigenvalue weighted by molar-refractivity contribution is -0.137. The molecule has 1 unspecified atom stereocenters. The number of hydrogen-bond donors (Lipinski definition) is 0. The molecular weight excluding hydrogens is 462 g/mol. The first kappa shape index (κ1) is 21.8. The molecule has 4 aromatic heterocycles. The van der Waals surface area contributed by atoms with Gasteiger partial charge in [-0.25, -0.2) is 27.8 Å². The number of pyridine rings is 2. The normalized spacial score (nSPS) is 16.1. The van der Waals surface area contributed by atoms with Crippen molar-refractivity contribution in [1.82, 2.24) is 23.9 Å². The SMILES string of the molecule is CCS(=O)(=O)c1c(-c2nc3cc(C(F)(F)F)cnc3n2C)nc2cc(C(F)C3CC3)ccn12. The third-order valence-electron chi connectivity index (χ3n) is 5.88. The molecule has 1 saturated carbocycles. The van der Waals surface area contributed by atoms with Crippen molar-refractivity contribution in [2.75, 3.05) is 5.75 Å². The monoisotopic (exact) mass is 481 g/mol. The van der Waals surface area contributed by atoms with Gasteiger partial charge in [0.15, 0.2) is 26.3 Å².